The number of epoxide rings is 1. The molecule has 10 heteroatoms. The molecule has 4 unspecified atom stereocenters. The van der Waals surface area contributed by atoms with Gasteiger partial charge in [-0.25, -0.2) is 0 Å². The molecule has 0 aromatic heterocycles. The van der Waals surface area contributed by atoms with Crippen LogP contribution in [0, 0.1) is 44.8 Å². The van der Waals surface area contributed by atoms with Crippen molar-refractivity contribution in [3.63, 3.8) is 0 Å². The third kappa shape index (κ3) is 3.39. The predicted octanol–water partition coefficient (Wildman–Crippen LogP) is 3.03. The molecule has 5 aliphatic carbocycles. The van der Waals surface area contributed by atoms with Crippen LogP contribution in [0.15, 0.2) is 11.6 Å². The van der Waals surface area contributed by atoms with Crippen LogP contribution in [-0.4, -0.2) is 101 Å². The van der Waals surface area contributed by atoms with Gasteiger partial charge in [0.1, 0.15) is 30.0 Å². The van der Waals surface area contributed by atoms with E-state index in [1.807, 2.05) is 0 Å². The molecular formula is C36H54O10. The Morgan fingerprint density at radius 2 is 1.70 bits per heavy atom. The normalized spacial score (nSPS) is 63.9. The zero-order valence-electron chi connectivity index (χ0n) is 28.4. The highest BCUT2D eigenvalue weighted by Gasteiger charge is 2.85. The van der Waals surface area contributed by atoms with Gasteiger partial charge in [0, 0.05) is 30.8 Å². The first kappa shape index (κ1) is 31.3. The molecule has 0 radical (unpaired) electrons. The maximum absolute atomic E-state index is 12.1. The lowest BCUT2D eigenvalue weighted by atomic mass is 9.44. The topological polar surface area (TPSA) is 140 Å². The van der Waals surface area contributed by atoms with Crippen LogP contribution in [0.1, 0.15) is 86.5 Å². The molecule has 0 bridgehead atoms. The molecule has 3 spiro atoms. The van der Waals surface area contributed by atoms with Gasteiger partial charge in [0.2, 0.25) is 5.79 Å². The van der Waals surface area contributed by atoms with E-state index in [4.69, 9.17) is 28.4 Å². The highest BCUT2D eigenvalue weighted by atomic mass is 16.8. The molecule has 9 aliphatic rings. The fourth-order valence-electron chi connectivity index (χ4n) is 13.7. The highest BCUT2D eigenvalue weighted by Crippen LogP contribution is 2.88. The highest BCUT2D eigenvalue weighted by molar-refractivity contribution is 5.47. The van der Waals surface area contributed by atoms with Gasteiger partial charge in [-0.05, 0) is 73.0 Å². The Balaban J connectivity index is 1.02. The van der Waals surface area contributed by atoms with Crippen molar-refractivity contribution in [2.75, 3.05) is 13.7 Å². The fourth-order valence-corrected chi connectivity index (χ4v) is 13.7. The second-order valence-electron chi connectivity index (χ2n) is 18.1. The van der Waals surface area contributed by atoms with Crippen LogP contribution in [0.2, 0.25) is 0 Å². The molecule has 10 nitrogen and oxygen atoms in total. The number of rotatable bonds is 3. The van der Waals surface area contributed by atoms with E-state index in [1.165, 1.54) is 0 Å². The maximum atomic E-state index is 12.1. The summed E-state index contributed by atoms with van der Waals surface area (Å²) in [4.78, 5) is 0. The zero-order valence-corrected chi connectivity index (χ0v) is 28.4. The monoisotopic (exact) mass is 646 g/mol. The van der Waals surface area contributed by atoms with Crippen molar-refractivity contribution < 1.29 is 48.8 Å². The Labute approximate surface area is 272 Å². The summed E-state index contributed by atoms with van der Waals surface area (Å²) in [5.74, 6) is 0.253. The second-order valence-corrected chi connectivity index (χ2v) is 18.1. The van der Waals surface area contributed by atoms with E-state index >= 15 is 0 Å². The van der Waals surface area contributed by atoms with Gasteiger partial charge in [-0.1, -0.05) is 46.3 Å². The van der Waals surface area contributed by atoms with E-state index in [2.05, 4.69) is 47.6 Å². The van der Waals surface area contributed by atoms with Gasteiger partial charge in [0.25, 0.3) is 0 Å². The standard InChI is InChI=1S/C36H54O10/c1-17-13-36(28-33(6,45-28)29(41-7)46-36)44-19-14-32(5)21-9-8-20-30(2,3)23(43-27-26(40)25(39)18(37)15-42-27)12-22(38)35(20)16-34(21,35)11-10-31(32,4)24(17)19/h9,17-20,22-29,37-40H,8,10-16H2,1-7H3/t17-,18-,19?,20+,22+,23+,24+,25+,26-,27+,28?,29+,31-,32+,33?,34+,35-,36?/m1/s1. The van der Waals surface area contributed by atoms with Crippen molar-refractivity contribution in [1.29, 1.82) is 0 Å². The number of methoxy groups -OCH3 is 1. The van der Waals surface area contributed by atoms with Gasteiger partial charge >= 0.3 is 0 Å². The minimum absolute atomic E-state index is 0.0371. The van der Waals surface area contributed by atoms with E-state index < -0.39 is 48.4 Å². The van der Waals surface area contributed by atoms with Crippen molar-refractivity contribution >= 4 is 0 Å². The summed E-state index contributed by atoms with van der Waals surface area (Å²) >= 11 is 0. The maximum Gasteiger partial charge on any atom is 0.201 e. The molecule has 4 saturated heterocycles. The van der Waals surface area contributed by atoms with E-state index in [0.717, 1.165) is 38.5 Å². The Bertz CT molecular complexity index is 1350. The Morgan fingerprint density at radius 3 is 2.41 bits per heavy atom. The van der Waals surface area contributed by atoms with E-state index in [1.54, 1.807) is 12.7 Å². The van der Waals surface area contributed by atoms with Gasteiger partial charge < -0.3 is 48.8 Å². The fraction of sp³-hybridized carbons (Fsp3) is 0.944. The Hall–Kier alpha value is -0.660. The molecule has 0 aromatic rings. The Morgan fingerprint density at radius 1 is 0.935 bits per heavy atom. The van der Waals surface area contributed by atoms with Crippen LogP contribution >= 0.6 is 0 Å². The smallest absolute Gasteiger partial charge is 0.201 e. The average molecular weight is 647 g/mol. The molecule has 8 fully saturated rings. The van der Waals surface area contributed by atoms with Crippen LogP contribution < -0.4 is 0 Å². The molecule has 258 valence electrons. The molecule has 0 amide bonds. The Kier molecular flexibility index (Phi) is 6.24. The van der Waals surface area contributed by atoms with E-state index in [9.17, 15) is 20.4 Å². The molecule has 4 saturated carbocycles. The minimum atomic E-state index is -1.35. The van der Waals surface area contributed by atoms with Crippen molar-refractivity contribution in [2.24, 2.45) is 44.8 Å². The first-order valence-corrected chi connectivity index (χ1v) is 17.8. The van der Waals surface area contributed by atoms with Crippen molar-refractivity contribution in [3.05, 3.63) is 11.6 Å². The number of allylic oxidation sites excluding steroid dienone is 2. The van der Waals surface area contributed by atoms with Crippen LogP contribution in [0.4, 0.5) is 0 Å². The summed E-state index contributed by atoms with van der Waals surface area (Å²) in [5, 5.41) is 43.0. The molecular weight excluding hydrogens is 592 g/mol. The summed E-state index contributed by atoms with van der Waals surface area (Å²) in [6, 6.07) is 0. The quantitative estimate of drug-likeness (QED) is 0.267. The van der Waals surface area contributed by atoms with Gasteiger partial charge in [0.05, 0.1) is 24.9 Å². The van der Waals surface area contributed by atoms with Gasteiger partial charge in [-0.15, -0.1) is 0 Å². The lowest BCUT2D eigenvalue weighted by molar-refractivity contribution is -0.348. The van der Waals surface area contributed by atoms with Gasteiger partial charge in [-0.2, -0.15) is 0 Å². The number of hydrogen-bond acceptors (Lipinski definition) is 10. The van der Waals surface area contributed by atoms with Crippen molar-refractivity contribution in [2.45, 2.75) is 153 Å². The summed E-state index contributed by atoms with van der Waals surface area (Å²) < 4.78 is 37.6. The third-order valence-corrected chi connectivity index (χ3v) is 16.0. The lowest BCUT2D eigenvalue weighted by Gasteiger charge is -2.61. The summed E-state index contributed by atoms with van der Waals surface area (Å²) in [6.45, 7) is 13.8. The molecule has 9 rings (SSSR count). The van der Waals surface area contributed by atoms with Crippen LogP contribution in [0.5, 0.6) is 0 Å². The number of fused-ring (bicyclic) bond motifs is 6. The second kappa shape index (κ2) is 9.16. The number of hydrogen-bond donors (Lipinski definition) is 4. The number of aliphatic hydroxyl groups excluding tert-OH is 4. The first-order chi connectivity index (χ1) is 21.5. The minimum Gasteiger partial charge on any atom is -0.392 e. The predicted molar refractivity (Wildman–Crippen MR) is 163 cm³/mol. The van der Waals surface area contributed by atoms with Crippen LogP contribution in [0.3, 0.4) is 0 Å². The summed E-state index contributed by atoms with van der Waals surface area (Å²) in [5.41, 5.74) is 0.563. The zero-order chi connectivity index (χ0) is 32.6. The molecule has 4 N–H and O–H groups in total. The first-order valence-electron chi connectivity index (χ1n) is 17.8. The van der Waals surface area contributed by atoms with Crippen LogP contribution in [-0.2, 0) is 28.4 Å². The number of aliphatic hydroxyl groups is 4. The van der Waals surface area contributed by atoms with E-state index in [-0.39, 0.29) is 57.9 Å². The molecule has 46 heavy (non-hydrogen) atoms. The van der Waals surface area contributed by atoms with Crippen molar-refractivity contribution in [1.82, 2.24) is 0 Å². The largest absolute Gasteiger partial charge is 0.392 e. The summed E-state index contributed by atoms with van der Waals surface area (Å²) in [6.07, 6.45) is 2.53. The number of ether oxygens (including phenoxy) is 6. The van der Waals surface area contributed by atoms with Gasteiger partial charge in [0.15, 0.2) is 12.6 Å². The molecule has 4 heterocycles. The molecule has 18 atom stereocenters. The molecule has 4 aliphatic heterocycles. The van der Waals surface area contributed by atoms with E-state index in [0.29, 0.717) is 18.3 Å². The summed E-state index contributed by atoms with van der Waals surface area (Å²) in [7, 11) is 1.68. The SMILES string of the molecule is CO[C@H]1OC2(C[C@@H](C)[C@H]3C(C[C@@]4(C)C5=CC[C@H]6C(C)(C)[C@@H](O[C@@H]7OC[C@@H](O)[C@H](O)[C@H]7O)C[C@H](O)[C@@]67C[C@@]57CC[C@]34C)O2)C2OC21C. The van der Waals surface area contributed by atoms with Crippen molar-refractivity contribution in [3.8, 4) is 0 Å². The lowest BCUT2D eigenvalue weighted by Crippen LogP contribution is -2.61. The van der Waals surface area contributed by atoms with Crippen LogP contribution in [0.25, 0.3) is 0 Å². The average Bonchev–Trinajstić information content (AvgIpc) is 3.85. The molecule has 0 aromatic carbocycles. The van der Waals surface area contributed by atoms with Gasteiger partial charge in [-0.3, -0.25) is 0 Å². The third-order valence-electron chi connectivity index (χ3n) is 16.0.